The molecule has 0 saturated carbocycles. The van der Waals surface area contributed by atoms with E-state index in [1.54, 1.807) is 24.1 Å². The molecule has 0 spiro atoms. The van der Waals surface area contributed by atoms with Crippen LogP contribution < -0.4 is 0 Å². The van der Waals surface area contributed by atoms with Crippen LogP contribution in [0.5, 0.6) is 0 Å². The Morgan fingerprint density at radius 3 is 2.73 bits per heavy atom. The predicted molar refractivity (Wildman–Crippen MR) is 76.2 cm³/mol. The Bertz CT molecular complexity index is 720. The molecule has 0 N–H and O–H groups in total. The summed E-state index contributed by atoms with van der Waals surface area (Å²) in [7, 11) is 0. The lowest BCUT2D eigenvalue weighted by molar-refractivity contribution is -0.138. The highest BCUT2D eigenvalue weighted by Crippen LogP contribution is 2.11. The van der Waals surface area contributed by atoms with Crippen LogP contribution in [-0.2, 0) is 9.53 Å². The number of hydrogen-bond donors (Lipinski definition) is 0. The second-order valence-electron chi connectivity index (χ2n) is 5.31. The molecule has 2 aromatic rings. The molecule has 3 rings (SSSR count). The number of fused-ring (bicyclic) bond motifs is 1. The third-order valence-electron chi connectivity index (χ3n) is 3.66. The average molecular weight is 303 g/mol. The van der Waals surface area contributed by atoms with E-state index in [4.69, 9.17) is 4.74 Å². The Hall–Kier alpha value is -2.51. The Labute approximate surface area is 127 Å². The fourth-order valence-corrected chi connectivity index (χ4v) is 2.45. The molecule has 1 saturated heterocycles. The highest BCUT2D eigenvalue weighted by Gasteiger charge is 2.27. The summed E-state index contributed by atoms with van der Waals surface area (Å²) in [6.45, 7) is 4.84. The molecule has 8 nitrogen and oxygen atoms in total. The zero-order valence-corrected chi connectivity index (χ0v) is 12.5. The summed E-state index contributed by atoms with van der Waals surface area (Å²) in [5.41, 5.74) is 0.803. The molecule has 1 aliphatic heterocycles. The van der Waals surface area contributed by atoms with Crippen LogP contribution in [0.15, 0.2) is 12.3 Å². The van der Waals surface area contributed by atoms with Gasteiger partial charge in [-0.2, -0.15) is 4.98 Å². The Morgan fingerprint density at radius 2 is 2.05 bits per heavy atom. The lowest BCUT2D eigenvalue weighted by atomic mass is 10.3. The topological polar surface area (TPSA) is 89.7 Å². The molecule has 1 aliphatic rings. The Morgan fingerprint density at radius 1 is 1.32 bits per heavy atom. The molecular weight excluding hydrogens is 286 g/mol. The van der Waals surface area contributed by atoms with E-state index >= 15 is 0 Å². The van der Waals surface area contributed by atoms with Crippen molar-refractivity contribution in [2.45, 2.75) is 32.8 Å². The van der Waals surface area contributed by atoms with Crippen LogP contribution in [0.1, 0.15) is 36.1 Å². The molecule has 0 aromatic carbocycles. The van der Waals surface area contributed by atoms with Crippen molar-refractivity contribution in [3.63, 3.8) is 0 Å². The number of carbonyl (C=O) groups is 2. The molecule has 0 bridgehead atoms. The van der Waals surface area contributed by atoms with E-state index in [-0.39, 0.29) is 11.7 Å². The summed E-state index contributed by atoms with van der Waals surface area (Å²) >= 11 is 0. The number of aromatic nitrogens is 4. The minimum absolute atomic E-state index is 0.0946. The van der Waals surface area contributed by atoms with Crippen LogP contribution in [0.25, 0.3) is 5.78 Å². The number of likely N-dealkylation sites (tertiary alicyclic amines) is 1. The fraction of sp³-hybridized carbons (Fsp3) is 0.500. The van der Waals surface area contributed by atoms with E-state index in [0.717, 1.165) is 31.6 Å². The van der Waals surface area contributed by atoms with Crippen LogP contribution in [0, 0.1) is 6.92 Å². The van der Waals surface area contributed by atoms with Gasteiger partial charge in [0.2, 0.25) is 0 Å². The van der Waals surface area contributed by atoms with Crippen LogP contribution >= 0.6 is 0 Å². The smallest absolute Gasteiger partial charge is 0.379 e. The standard InChI is InChI=1S/C14H17N5O3/c1-9-5-6-15-14-16-11(17-19(9)14)13(21)22-10(2)12(20)18-7-3-4-8-18/h5-6,10H,3-4,7-8H2,1-2H3/t10-/m0/s1. The number of aryl methyl sites for hydroxylation is 1. The normalized spacial score (nSPS) is 16.0. The molecule has 0 unspecified atom stereocenters. The third kappa shape index (κ3) is 2.63. The summed E-state index contributed by atoms with van der Waals surface area (Å²) < 4.78 is 6.65. The first kappa shape index (κ1) is 14.4. The molecule has 0 radical (unpaired) electrons. The van der Waals surface area contributed by atoms with Gasteiger partial charge in [0.25, 0.3) is 17.5 Å². The van der Waals surface area contributed by atoms with E-state index in [1.807, 2.05) is 6.92 Å². The number of nitrogens with zero attached hydrogens (tertiary/aromatic N) is 5. The number of esters is 1. The number of carbonyl (C=O) groups excluding carboxylic acids is 2. The van der Waals surface area contributed by atoms with Gasteiger partial charge >= 0.3 is 5.97 Å². The monoisotopic (exact) mass is 303 g/mol. The summed E-state index contributed by atoms with van der Waals surface area (Å²) in [5, 5.41) is 4.07. The van der Waals surface area contributed by atoms with E-state index < -0.39 is 12.1 Å². The summed E-state index contributed by atoms with van der Waals surface area (Å²) in [6, 6.07) is 1.76. The number of rotatable bonds is 3. The highest BCUT2D eigenvalue weighted by atomic mass is 16.5. The third-order valence-corrected chi connectivity index (χ3v) is 3.66. The maximum atomic E-state index is 12.1. The molecule has 1 atom stereocenters. The van der Waals surface area contributed by atoms with Crippen molar-refractivity contribution in [3.8, 4) is 0 Å². The van der Waals surface area contributed by atoms with Crippen molar-refractivity contribution in [1.82, 2.24) is 24.5 Å². The maximum absolute atomic E-state index is 12.1. The second-order valence-corrected chi connectivity index (χ2v) is 5.31. The largest absolute Gasteiger partial charge is 0.447 e. The molecule has 116 valence electrons. The average Bonchev–Trinajstić information content (AvgIpc) is 3.16. The van der Waals surface area contributed by atoms with E-state index in [9.17, 15) is 9.59 Å². The number of ether oxygens (including phenoxy) is 1. The van der Waals surface area contributed by atoms with Gasteiger partial charge in [-0.15, -0.1) is 5.10 Å². The minimum atomic E-state index is -0.841. The quantitative estimate of drug-likeness (QED) is 0.771. The zero-order chi connectivity index (χ0) is 15.7. The molecule has 2 aromatic heterocycles. The fourth-order valence-electron chi connectivity index (χ4n) is 2.45. The van der Waals surface area contributed by atoms with Gasteiger partial charge in [-0.1, -0.05) is 0 Å². The molecule has 8 heteroatoms. The maximum Gasteiger partial charge on any atom is 0.379 e. The van der Waals surface area contributed by atoms with Crippen LogP contribution in [0.3, 0.4) is 0 Å². The predicted octanol–water partition coefficient (Wildman–Crippen LogP) is 0.600. The van der Waals surface area contributed by atoms with Gasteiger partial charge in [-0.3, -0.25) is 4.79 Å². The van der Waals surface area contributed by atoms with Gasteiger partial charge in [0, 0.05) is 25.0 Å². The van der Waals surface area contributed by atoms with Crippen molar-refractivity contribution in [2.75, 3.05) is 13.1 Å². The van der Waals surface area contributed by atoms with Gasteiger partial charge in [0.15, 0.2) is 6.10 Å². The summed E-state index contributed by atoms with van der Waals surface area (Å²) in [4.78, 5) is 34.0. The van der Waals surface area contributed by atoms with E-state index in [2.05, 4.69) is 15.1 Å². The zero-order valence-electron chi connectivity index (χ0n) is 12.5. The van der Waals surface area contributed by atoms with E-state index in [0.29, 0.717) is 5.78 Å². The first-order chi connectivity index (χ1) is 10.6. The second kappa shape index (κ2) is 5.70. The molecule has 3 heterocycles. The summed E-state index contributed by atoms with van der Waals surface area (Å²) in [5.74, 6) is -0.665. The molecular formula is C14H17N5O3. The molecule has 0 aliphatic carbocycles. The van der Waals surface area contributed by atoms with Gasteiger partial charge in [0.1, 0.15) is 0 Å². The van der Waals surface area contributed by atoms with Gasteiger partial charge in [-0.05, 0) is 32.8 Å². The van der Waals surface area contributed by atoms with Crippen molar-refractivity contribution < 1.29 is 14.3 Å². The van der Waals surface area contributed by atoms with Crippen molar-refractivity contribution >= 4 is 17.7 Å². The van der Waals surface area contributed by atoms with Crippen molar-refractivity contribution in [1.29, 1.82) is 0 Å². The molecule has 1 amide bonds. The van der Waals surface area contributed by atoms with Crippen LogP contribution in [0.2, 0.25) is 0 Å². The lowest BCUT2D eigenvalue weighted by Gasteiger charge is -2.19. The van der Waals surface area contributed by atoms with Crippen LogP contribution in [-0.4, -0.2) is 55.6 Å². The Balaban J connectivity index is 1.72. The van der Waals surface area contributed by atoms with E-state index in [1.165, 1.54) is 4.52 Å². The number of hydrogen-bond acceptors (Lipinski definition) is 6. The summed E-state index contributed by atoms with van der Waals surface area (Å²) in [6.07, 6.45) is 2.73. The van der Waals surface area contributed by atoms with Crippen molar-refractivity contribution in [2.24, 2.45) is 0 Å². The van der Waals surface area contributed by atoms with Crippen LogP contribution in [0.4, 0.5) is 0 Å². The first-order valence-electron chi connectivity index (χ1n) is 7.24. The van der Waals surface area contributed by atoms with Gasteiger partial charge < -0.3 is 9.64 Å². The van der Waals surface area contributed by atoms with Gasteiger partial charge in [0.05, 0.1) is 0 Å². The SMILES string of the molecule is Cc1ccnc2nc(C(=O)O[C@@H](C)C(=O)N3CCCC3)nn12. The minimum Gasteiger partial charge on any atom is -0.447 e. The van der Waals surface area contributed by atoms with Crippen molar-refractivity contribution in [3.05, 3.63) is 23.8 Å². The molecule has 22 heavy (non-hydrogen) atoms. The molecule has 1 fully saturated rings. The first-order valence-corrected chi connectivity index (χ1v) is 7.24. The Kier molecular flexibility index (Phi) is 3.74. The van der Waals surface area contributed by atoms with Gasteiger partial charge in [-0.25, -0.2) is 14.3 Å². The lowest BCUT2D eigenvalue weighted by Crippen LogP contribution is -2.38. The number of amides is 1. The highest BCUT2D eigenvalue weighted by molar-refractivity contribution is 5.89.